The van der Waals surface area contributed by atoms with E-state index in [4.69, 9.17) is 0 Å². The average Bonchev–Trinajstić information content (AvgIpc) is 2.78. The van der Waals surface area contributed by atoms with Crippen LogP contribution in [0.4, 0.5) is 5.69 Å². The molecule has 0 saturated heterocycles. The summed E-state index contributed by atoms with van der Waals surface area (Å²) in [5, 5.41) is 2.72. The highest BCUT2D eigenvalue weighted by Crippen LogP contribution is 2.16. The number of carbonyl (C=O) groups excluding carboxylic acids is 2. The van der Waals surface area contributed by atoms with Crippen LogP contribution in [-0.2, 0) is 14.8 Å². The fraction of sp³-hybridized carbons (Fsp3) is 0.0435. The topological polar surface area (TPSA) is 92.3 Å². The summed E-state index contributed by atoms with van der Waals surface area (Å²) in [6, 6.07) is 21.8. The molecule has 0 atom stereocenters. The van der Waals surface area contributed by atoms with Gasteiger partial charge in [0.15, 0.2) is 5.78 Å². The molecule has 3 rings (SSSR count). The molecule has 30 heavy (non-hydrogen) atoms. The normalized spacial score (nSPS) is 11.4. The van der Waals surface area contributed by atoms with Gasteiger partial charge >= 0.3 is 0 Å². The van der Waals surface area contributed by atoms with Crippen molar-refractivity contribution >= 4 is 33.5 Å². The Morgan fingerprint density at radius 1 is 0.833 bits per heavy atom. The van der Waals surface area contributed by atoms with E-state index in [1.165, 1.54) is 25.3 Å². The molecule has 2 N–H and O–H groups in total. The van der Waals surface area contributed by atoms with Crippen LogP contribution in [-0.4, -0.2) is 27.2 Å². The van der Waals surface area contributed by atoms with Crippen LogP contribution >= 0.6 is 0 Å². The Bertz CT molecular complexity index is 1190. The average molecular weight is 420 g/mol. The molecule has 0 saturated carbocycles. The molecule has 0 aliphatic rings. The van der Waals surface area contributed by atoms with Crippen molar-refractivity contribution in [3.63, 3.8) is 0 Å². The first-order valence-corrected chi connectivity index (χ1v) is 10.6. The van der Waals surface area contributed by atoms with E-state index in [1.54, 1.807) is 66.7 Å². The van der Waals surface area contributed by atoms with Gasteiger partial charge in [0.1, 0.15) is 0 Å². The molecule has 0 radical (unpaired) electrons. The third kappa shape index (κ3) is 5.28. The highest BCUT2D eigenvalue weighted by molar-refractivity contribution is 7.89. The maximum atomic E-state index is 12.5. The lowest BCUT2D eigenvalue weighted by molar-refractivity contribution is -0.111. The molecule has 6 nitrogen and oxygen atoms in total. The van der Waals surface area contributed by atoms with E-state index >= 15 is 0 Å². The van der Waals surface area contributed by atoms with Gasteiger partial charge in [0.25, 0.3) is 0 Å². The summed E-state index contributed by atoms with van der Waals surface area (Å²) < 4.78 is 25.7. The Kier molecular flexibility index (Phi) is 6.56. The van der Waals surface area contributed by atoms with Crippen molar-refractivity contribution < 1.29 is 18.0 Å². The quantitative estimate of drug-likeness (QED) is 0.452. The molecular weight excluding hydrogens is 400 g/mol. The van der Waals surface area contributed by atoms with Gasteiger partial charge in [-0.1, -0.05) is 54.6 Å². The van der Waals surface area contributed by atoms with Gasteiger partial charge in [0, 0.05) is 22.9 Å². The third-order valence-electron chi connectivity index (χ3n) is 4.31. The van der Waals surface area contributed by atoms with Gasteiger partial charge in [0.05, 0.1) is 4.90 Å². The molecule has 0 heterocycles. The van der Waals surface area contributed by atoms with Crippen molar-refractivity contribution in [3.05, 3.63) is 102 Å². The minimum Gasteiger partial charge on any atom is -0.322 e. The summed E-state index contributed by atoms with van der Waals surface area (Å²) in [6.45, 7) is 0. The Morgan fingerprint density at radius 3 is 2.17 bits per heavy atom. The van der Waals surface area contributed by atoms with Crippen LogP contribution in [0.15, 0.2) is 89.8 Å². The van der Waals surface area contributed by atoms with Crippen molar-refractivity contribution in [2.45, 2.75) is 4.90 Å². The maximum absolute atomic E-state index is 12.5. The van der Waals surface area contributed by atoms with E-state index in [1.807, 2.05) is 6.07 Å². The zero-order valence-corrected chi connectivity index (χ0v) is 17.0. The van der Waals surface area contributed by atoms with Crippen LogP contribution in [0.2, 0.25) is 0 Å². The first-order valence-electron chi connectivity index (χ1n) is 9.11. The van der Waals surface area contributed by atoms with E-state index in [-0.39, 0.29) is 16.6 Å². The van der Waals surface area contributed by atoms with E-state index in [2.05, 4.69) is 10.0 Å². The number of hydrogen-bond acceptors (Lipinski definition) is 4. The molecule has 1 amide bonds. The number of nitrogens with one attached hydrogen (secondary N) is 2. The lowest BCUT2D eigenvalue weighted by Gasteiger charge is -2.06. The zero-order chi connectivity index (χ0) is 21.6. The highest BCUT2D eigenvalue weighted by Gasteiger charge is 2.11. The largest absolute Gasteiger partial charge is 0.322 e. The molecule has 3 aromatic carbocycles. The monoisotopic (exact) mass is 420 g/mol. The molecular formula is C23H20N2O4S. The van der Waals surface area contributed by atoms with Gasteiger partial charge in [-0.15, -0.1) is 0 Å². The van der Waals surface area contributed by atoms with Crippen LogP contribution in [0.5, 0.6) is 0 Å². The third-order valence-corrected chi connectivity index (χ3v) is 5.74. The van der Waals surface area contributed by atoms with Gasteiger partial charge in [-0.2, -0.15) is 0 Å². The van der Waals surface area contributed by atoms with Crippen LogP contribution in [0.1, 0.15) is 21.5 Å². The molecule has 0 fully saturated rings. The van der Waals surface area contributed by atoms with E-state index < -0.39 is 10.0 Å². The van der Waals surface area contributed by atoms with Crippen LogP contribution in [0.3, 0.4) is 0 Å². The number of rotatable bonds is 7. The van der Waals surface area contributed by atoms with Gasteiger partial charge in [0.2, 0.25) is 15.9 Å². The van der Waals surface area contributed by atoms with Crippen molar-refractivity contribution in [1.82, 2.24) is 4.72 Å². The van der Waals surface area contributed by atoms with Crippen LogP contribution in [0.25, 0.3) is 6.08 Å². The molecule has 0 aliphatic carbocycles. The fourth-order valence-electron chi connectivity index (χ4n) is 2.73. The minimum atomic E-state index is -3.50. The maximum Gasteiger partial charge on any atom is 0.248 e. The van der Waals surface area contributed by atoms with Crippen molar-refractivity contribution in [2.75, 3.05) is 12.4 Å². The van der Waals surface area contributed by atoms with Gasteiger partial charge in [-0.25, -0.2) is 13.1 Å². The number of hydrogen-bond donors (Lipinski definition) is 2. The molecule has 0 aliphatic heterocycles. The smallest absolute Gasteiger partial charge is 0.248 e. The number of anilines is 1. The summed E-state index contributed by atoms with van der Waals surface area (Å²) in [6.07, 6.45) is 2.91. The van der Waals surface area contributed by atoms with Crippen molar-refractivity contribution in [3.8, 4) is 0 Å². The summed E-state index contributed by atoms with van der Waals surface area (Å²) in [4.78, 5) is 24.9. The SMILES string of the molecule is CNS(=O)(=O)c1ccc(/C=C/C(=O)Nc2cccc(C(=O)c3ccccc3)c2)cc1. The van der Waals surface area contributed by atoms with Gasteiger partial charge < -0.3 is 5.32 Å². The van der Waals surface area contributed by atoms with E-state index in [9.17, 15) is 18.0 Å². The summed E-state index contributed by atoms with van der Waals surface area (Å²) in [7, 11) is -2.16. The number of ketones is 1. The first-order chi connectivity index (χ1) is 14.4. The summed E-state index contributed by atoms with van der Waals surface area (Å²) in [5.41, 5.74) is 2.23. The number of amides is 1. The molecule has 0 spiro atoms. The second-order valence-electron chi connectivity index (χ2n) is 6.38. The Hall–Kier alpha value is -3.55. The number of benzene rings is 3. The Morgan fingerprint density at radius 2 is 1.50 bits per heavy atom. The zero-order valence-electron chi connectivity index (χ0n) is 16.2. The molecule has 0 aromatic heterocycles. The predicted octanol–water partition coefficient (Wildman–Crippen LogP) is 3.48. The predicted molar refractivity (Wildman–Crippen MR) is 117 cm³/mol. The van der Waals surface area contributed by atoms with Crippen LogP contribution < -0.4 is 10.0 Å². The lowest BCUT2D eigenvalue weighted by atomic mass is 10.0. The van der Waals surface area contributed by atoms with Crippen molar-refractivity contribution in [1.29, 1.82) is 0 Å². The van der Waals surface area contributed by atoms with Gasteiger partial charge in [-0.05, 0) is 43.0 Å². The fourth-order valence-corrected chi connectivity index (χ4v) is 3.46. The second kappa shape index (κ2) is 9.30. The molecule has 3 aromatic rings. The molecule has 7 heteroatoms. The van der Waals surface area contributed by atoms with Crippen LogP contribution in [0, 0.1) is 0 Å². The molecule has 152 valence electrons. The van der Waals surface area contributed by atoms with Gasteiger partial charge in [-0.3, -0.25) is 9.59 Å². The standard InChI is InChI=1S/C23H20N2O4S/c1-24-30(28,29)21-13-10-17(11-14-21)12-15-22(26)25-20-9-5-8-19(16-20)23(27)18-6-3-2-4-7-18/h2-16,24H,1H3,(H,25,26)/b15-12+. The molecule has 0 unspecified atom stereocenters. The van der Waals surface area contributed by atoms with E-state index in [0.717, 1.165) is 0 Å². The Labute approximate surface area is 175 Å². The van der Waals surface area contributed by atoms with E-state index in [0.29, 0.717) is 22.4 Å². The minimum absolute atomic E-state index is 0.126. The van der Waals surface area contributed by atoms with Crippen molar-refractivity contribution in [2.24, 2.45) is 0 Å². The highest BCUT2D eigenvalue weighted by atomic mass is 32.2. The Balaban J connectivity index is 1.67. The lowest BCUT2D eigenvalue weighted by Crippen LogP contribution is -2.18. The molecule has 0 bridgehead atoms. The number of sulfonamides is 1. The first kappa shape index (κ1) is 21.2. The number of carbonyl (C=O) groups is 2. The second-order valence-corrected chi connectivity index (χ2v) is 8.26. The summed E-state index contributed by atoms with van der Waals surface area (Å²) >= 11 is 0. The summed E-state index contributed by atoms with van der Waals surface area (Å²) in [5.74, 6) is -0.495.